The second-order valence-corrected chi connectivity index (χ2v) is 7.31. The molecule has 2 unspecified atom stereocenters. The molecule has 2 atom stereocenters. The summed E-state index contributed by atoms with van der Waals surface area (Å²) in [6, 6.07) is 16.3. The van der Waals surface area contributed by atoms with Crippen LogP contribution in [0.15, 0.2) is 53.0 Å². The zero-order chi connectivity index (χ0) is 19.6. The van der Waals surface area contributed by atoms with Crippen LogP contribution in [0, 0.1) is 0 Å². The van der Waals surface area contributed by atoms with Gasteiger partial charge in [0.25, 0.3) is 5.91 Å². The highest BCUT2D eigenvalue weighted by atomic mass is 79.9. The molecule has 0 aliphatic rings. The summed E-state index contributed by atoms with van der Waals surface area (Å²) >= 11 is 3.50. The van der Waals surface area contributed by atoms with E-state index in [0.29, 0.717) is 11.8 Å². The van der Waals surface area contributed by atoms with Crippen LogP contribution >= 0.6 is 15.9 Å². The Morgan fingerprint density at radius 3 is 2.56 bits per heavy atom. The molecular formula is C21H27BrN2O3. The summed E-state index contributed by atoms with van der Waals surface area (Å²) in [5.41, 5.74) is 2.35. The lowest BCUT2D eigenvalue weighted by atomic mass is 10.1. The maximum atomic E-state index is 11.2. The van der Waals surface area contributed by atoms with Gasteiger partial charge < -0.3 is 20.1 Å². The first-order chi connectivity index (χ1) is 13.0. The monoisotopic (exact) mass is 434 g/mol. The topological polar surface area (TPSA) is 59.6 Å². The first-order valence-corrected chi connectivity index (χ1v) is 9.75. The first-order valence-electron chi connectivity index (χ1n) is 8.95. The Morgan fingerprint density at radius 1 is 1.19 bits per heavy atom. The third-order valence-corrected chi connectivity index (χ3v) is 4.76. The standard InChI is InChI=1S/C21H27BrN2O3/c1-15(24-13-20(26-3)17-5-4-6-18(22)12-17)11-16-7-9-19(10-8-16)27-14-21(25)23-2/h4-10,12,15,20,24H,11,13-14H2,1-3H3,(H,23,25). The number of carbonyl (C=O) groups is 1. The largest absolute Gasteiger partial charge is 0.484 e. The molecule has 2 rings (SSSR count). The maximum Gasteiger partial charge on any atom is 0.257 e. The maximum absolute atomic E-state index is 11.2. The highest BCUT2D eigenvalue weighted by molar-refractivity contribution is 9.10. The van der Waals surface area contributed by atoms with Crippen molar-refractivity contribution in [2.75, 3.05) is 27.3 Å². The first kappa shape index (κ1) is 21.4. The van der Waals surface area contributed by atoms with Gasteiger partial charge in [0, 0.05) is 31.2 Å². The zero-order valence-corrected chi connectivity index (χ0v) is 17.6. The number of amides is 1. The van der Waals surface area contributed by atoms with Crippen molar-refractivity contribution in [1.82, 2.24) is 10.6 Å². The number of rotatable bonds is 10. The SMILES string of the molecule is CNC(=O)COc1ccc(CC(C)NCC(OC)c2cccc(Br)c2)cc1. The Kier molecular flexibility index (Phi) is 8.78. The number of benzene rings is 2. The Bertz CT molecular complexity index is 722. The molecule has 0 spiro atoms. The molecule has 0 bridgehead atoms. The van der Waals surface area contributed by atoms with E-state index in [2.05, 4.69) is 45.6 Å². The minimum atomic E-state index is -0.143. The minimum absolute atomic E-state index is 0.00504. The summed E-state index contributed by atoms with van der Waals surface area (Å²) in [6.45, 7) is 2.92. The van der Waals surface area contributed by atoms with Crippen LogP contribution in [0.3, 0.4) is 0 Å². The van der Waals surface area contributed by atoms with Crippen LogP contribution in [0.1, 0.15) is 24.2 Å². The van der Waals surface area contributed by atoms with Gasteiger partial charge in [-0.05, 0) is 48.7 Å². The van der Waals surface area contributed by atoms with Crippen LogP contribution in [0.2, 0.25) is 0 Å². The average molecular weight is 435 g/mol. The second-order valence-electron chi connectivity index (χ2n) is 6.40. The second kappa shape index (κ2) is 11.1. The molecule has 0 aliphatic heterocycles. The summed E-state index contributed by atoms with van der Waals surface area (Å²) in [5, 5.41) is 6.07. The van der Waals surface area contributed by atoms with Crippen molar-refractivity contribution in [2.24, 2.45) is 0 Å². The van der Waals surface area contributed by atoms with Crippen molar-refractivity contribution in [3.8, 4) is 5.75 Å². The molecule has 5 nitrogen and oxygen atoms in total. The summed E-state index contributed by atoms with van der Waals surface area (Å²) in [4.78, 5) is 11.2. The van der Waals surface area contributed by atoms with Gasteiger partial charge in [-0.15, -0.1) is 0 Å². The molecule has 0 saturated carbocycles. The average Bonchev–Trinajstić information content (AvgIpc) is 2.67. The number of hydrogen-bond donors (Lipinski definition) is 2. The van der Waals surface area contributed by atoms with E-state index < -0.39 is 0 Å². The van der Waals surface area contributed by atoms with Crippen molar-refractivity contribution >= 4 is 21.8 Å². The summed E-state index contributed by atoms with van der Waals surface area (Å²) in [6.07, 6.45) is 0.899. The number of ether oxygens (including phenoxy) is 2. The van der Waals surface area contributed by atoms with E-state index in [1.807, 2.05) is 36.4 Å². The van der Waals surface area contributed by atoms with Gasteiger partial charge in [-0.1, -0.05) is 40.2 Å². The molecule has 0 fully saturated rings. The van der Waals surface area contributed by atoms with Gasteiger partial charge in [0.2, 0.25) is 0 Å². The molecule has 0 aliphatic carbocycles. The fraction of sp³-hybridized carbons (Fsp3) is 0.381. The van der Waals surface area contributed by atoms with E-state index >= 15 is 0 Å². The third-order valence-electron chi connectivity index (χ3n) is 4.27. The molecule has 1 amide bonds. The molecule has 0 aromatic heterocycles. The minimum Gasteiger partial charge on any atom is -0.484 e. The molecule has 0 saturated heterocycles. The summed E-state index contributed by atoms with van der Waals surface area (Å²) < 4.78 is 12.1. The molecular weight excluding hydrogens is 408 g/mol. The normalized spacial score (nSPS) is 13.0. The van der Waals surface area contributed by atoms with E-state index in [1.165, 1.54) is 5.56 Å². The third kappa shape index (κ3) is 7.33. The Hall–Kier alpha value is -1.89. The number of carbonyl (C=O) groups excluding carboxylic acids is 1. The molecule has 6 heteroatoms. The van der Waals surface area contributed by atoms with Crippen molar-refractivity contribution in [2.45, 2.75) is 25.5 Å². The highest BCUT2D eigenvalue weighted by Gasteiger charge is 2.12. The Balaban J connectivity index is 1.82. The molecule has 2 N–H and O–H groups in total. The lowest BCUT2D eigenvalue weighted by Gasteiger charge is -2.20. The fourth-order valence-corrected chi connectivity index (χ4v) is 3.14. The molecule has 146 valence electrons. The van der Waals surface area contributed by atoms with Gasteiger partial charge >= 0.3 is 0 Å². The molecule has 2 aromatic rings. The lowest BCUT2D eigenvalue weighted by molar-refractivity contribution is -0.122. The summed E-state index contributed by atoms with van der Waals surface area (Å²) in [5.74, 6) is 0.548. The van der Waals surface area contributed by atoms with Crippen molar-refractivity contribution < 1.29 is 14.3 Å². The number of nitrogens with one attached hydrogen (secondary N) is 2. The predicted octanol–water partition coefficient (Wildman–Crippen LogP) is 3.48. The van der Waals surface area contributed by atoms with Gasteiger partial charge in [-0.2, -0.15) is 0 Å². The highest BCUT2D eigenvalue weighted by Crippen LogP contribution is 2.20. The van der Waals surface area contributed by atoms with Crippen molar-refractivity contribution in [1.29, 1.82) is 0 Å². The van der Waals surface area contributed by atoms with Gasteiger partial charge in [-0.3, -0.25) is 4.79 Å². The van der Waals surface area contributed by atoms with Crippen LogP contribution in [0.4, 0.5) is 0 Å². The van der Waals surface area contributed by atoms with Gasteiger partial charge in [0.1, 0.15) is 5.75 Å². The molecule has 0 radical (unpaired) electrons. The van der Waals surface area contributed by atoms with Crippen molar-refractivity contribution in [3.05, 3.63) is 64.1 Å². The number of hydrogen-bond acceptors (Lipinski definition) is 4. The fourth-order valence-electron chi connectivity index (χ4n) is 2.72. The smallest absolute Gasteiger partial charge is 0.257 e. The Morgan fingerprint density at radius 2 is 1.93 bits per heavy atom. The molecule has 2 aromatic carbocycles. The summed E-state index contributed by atoms with van der Waals surface area (Å²) in [7, 11) is 3.32. The number of halogens is 1. The molecule has 27 heavy (non-hydrogen) atoms. The van der Waals surface area contributed by atoms with Gasteiger partial charge in [-0.25, -0.2) is 0 Å². The van der Waals surface area contributed by atoms with E-state index in [1.54, 1.807) is 14.2 Å². The van der Waals surface area contributed by atoms with Crippen LogP contribution in [-0.4, -0.2) is 39.3 Å². The van der Waals surface area contributed by atoms with E-state index in [9.17, 15) is 4.79 Å². The van der Waals surface area contributed by atoms with Crippen LogP contribution in [0.25, 0.3) is 0 Å². The lowest BCUT2D eigenvalue weighted by Crippen LogP contribution is -2.32. The molecule has 0 heterocycles. The van der Waals surface area contributed by atoms with Gasteiger partial charge in [0.05, 0.1) is 6.10 Å². The Labute approximate surface area is 169 Å². The van der Waals surface area contributed by atoms with Crippen molar-refractivity contribution in [3.63, 3.8) is 0 Å². The van der Waals surface area contributed by atoms with Gasteiger partial charge in [0.15, 0.2) is 6.61 Å². The zero-order valence-electron chi connectivity index (χ0n) is 16.0. The number of methoxy groups -OCH3 is 1. The van der Waals surface area contributed by atoms with E-state index in [0.717, 1.165) is 23.0 Å². The predicted molar refractivity (Wildman–Crippen MR) is 111 cm³/mol. The number of likely N-dealkylation sites (N-methyl/N-ethyl adjacent to an activating group) is 1. The quantitative estimate of drug-likeness (QED) is 0.600. The van der Waals surface area contributed by atoms with E-state index in [-0.39, 0.29) is 18.6 Å². The van der Waals surface area contributed by atoms with Crippen LogP contribution < -0.4 is 15.4 Å². The van der Waals surface area contributed by atoms with E-state index in [4.69, 9.17) is 9.47 Å². The van der Waals surface area contributed by atoms with Crippen LogP contribution in [-0.2, 0) is 16.0 Å². The van der Waals surface area contributed by atoms with Crippen LogP contribution in [0.5, 0.6) is 5.75 Å².